The summed E-state index contributed by atoms with van der Waals surface area (Å²) in [7, 11) is 0. The molecule has 1 N–H and O–H groups in total. The topological polar surface area (TPSA) is 52.7 Å². The molecule has 0 atom stereocenters. The summed E-state index contributed by atoms with van der Waals surface area (Å²) >= 11 is 0. The van der Waals surface area contributed by atoms with E-state index in [2.05, 4.69) is 36.2 Å². The van der Waals surface area contributed by atoms with Crippen molar-refractivity contribution in [2.75, 3.05) is 32.7 Å². The zero-order valence-electron chi connectivity index (χ0n) is 16.8. The van der Waals surface area contributed by atoms with Gasteiger partial charge in [-0.15, -0.1) is 0 Å². The van der Waals surface area contributed by atoms with E-state index < -0.39 is 0 Å². The molecule has 148 valence electrons. The van der Waals surface area contributed by atoms with Crippen LogP contribution in [0.2, 0.25) is 0 Å². The number of hydrogen-bond donors (Lipinski definition) is 1. The largest absolute Gasteiger partial charge is 0.351 e. The van der Waals surface area contributed by atoms with Crippen LogP contribution in [0, 0.1) is 13.8 Å². The van der Waals surface area contributed by atoms with Crippen LogP contribution in [-0.4, -0.2) is 54.3 Å². The molecule has 1 aliphatic rings. The second kappa shape index (κ2) is 9.51. The van der Waals surface area contributed by atoms with E-state index in [4.69, 9.17) is 0 Å². The van der Waals surface area contributed by atoms with E-state index in [9.17, 15) is 9.59 Å². The van der Waals surface area contributed by atoms with E-state index in [0.29, 0.717) is 32.6 Å². The normalized spacial score (nSPS) is 14.7. The highest BCUT2D eigenvalue weighted by atomic mass is 16.2. The van der Waals surface area contributed by atoms with Crippen LogP contribution in [0.5, 0.6) is 0 Å². The third kappa shape index (κ3) is 5.67. The molecule has 0 aliphatic carbocycles. The van der Waals surface area contributed by atoms with Gasteiger partial charge >= 0.3 is 0 Å². The van der Waals surface area contributed by atoms with Gasteiger partial charge < -0.3 is 10.2 Å². The van der Waals surface area contributed by atoms with E-state index in [-0.39, 0.29) is 11.8 Å². The molecule has 0 bridgehead atoms. The molecule has 0 radical (unpaired) electrons. The molecule has 5 heteroatoms. The standard InChI is InChI=1S/C23H29N3O2/c1-18-8-9-21(14-19(18)2)15-23(28)26-12-10-25(11-13-26)17-22(27)24-16-20-6-4-3-5-7-20/h3-9,14H,10-13,15-17H2,1-2H3,(H,24,27). The Labute approximate surface area is 167 Å². The highest BCUT2D eigenvalue weighted by Gasteiger charge is 2.22. The van der Waals surface area contributed by atoms with Crippen molar-refractivity contribution < 1.29 is 9.59 Å². The van der Waals surface area contributed by atoms with Gasteiger partial charge in [-0.3, -0.25) is 14.5 Å². The Balaban J connectivity index is 1.40. The molecule has 0 saturated carbocycles. The summed E-state index contributed by atoms with van der Waals surface area (Å²) in [5.41, 5.74) is 4.63. The molecule has 0 unspecified atom stereocenters. The van der Waals surface area contributed by atoms with Crippen LogP contribution in [0.1, 0.15) is 22.3 Å². The van der Waals surface area contributed by atoms with E-state index in [1.54, 1.807) is 0 Å². The van der Waals surface area contributed by atoms with Gasteiger partial charge in [-0.25, -0.2) is 0 Å². The number of carbonyl (C=O) groups is 2. The summed E-state index contributed by atoms with van der Waals surface area (Å²) in [6.07, 6.45) is 0.443. The van der Waals surface area contributed by atoms with E-state index >= 15 is 0 Å². The number of carbonyl (C=O) groups excluding carboxylic acids is 2. The molecule has 2 aromatic rings. The van der Waals surface area contributed by atoms with Crippen LogP contribution in [0.3, 0.4) is 0 Å². The van der Waals surface area contributed by atoms with Crippen LogP contribution in [-0.2, 0) is 22.6 Å². The molecule has 3 rings (SSSR count). The van der Waals surface area contributed by atoms with Crippen molar-refractivity contribution in [2.45, 2.75) is 26.8 Å². The minimum Gasteiger partial charge on any atom is -0.351 e. The number of amides is 2. The minimum absolute atomic E-state index is 0.0266. The highest BCUT2D eigenvalue weighted by Crippen LogP contribution is 2.12. The first-order chi connectivity index (χ1) is 13.5. The number of aryl methyl sites for hydroxylation is 2. The summed E-state index contributed by atoms with van der Waals surface area (Å²) in [5.74, 6) is 0.190. The van der Waals surface area contributed by atoms with Crippen molar-refractivity contribution in [2.24, 2.45) is 0 Å². The zero-order chi connectivity index (χ0) is 19.9. The van der Waals surface area contributed by atoms with Crippen molar-refractivity contribution in [3.8, 4) is 0 Å². The van der Waals surface area contributed by atoms with Crippen LogP contribution < -0.4 is 5.32 Å². The Bertz CT molecular complexity index is 812. The maximum Gasteiger partial charge on any atom is 0.234 e. The van der Waals surface area contributed by atoms with Crippen molar-refractivity contribution in [3.63, 3.8) is 0 Å². The monoisotopic (exact) mass is 379 g/mol. The summed E-state index contributed by atoms with van der Waals surface area (Å²) in [5, 5.41) is 2.96. The Morgan fingerprint density at radius 2 is 1.61 bits per heavy atom. The summed E-state index contributed by atoms with van der Waals surface area (Å²) in [4.78, 5) is 28.8. The van der Waals surface area contributed by atoms with Gasteiger partial charge in [-0.05, 0) is 36.1 Å². The van der Waals surface area contributed by atoms with Crippen molar-refractivity contribution >= 4 is 11.8 Å². The lowest BCUT2D eigenvalue weighted by atomic mass is 10.0. The second-order valence-electron chi connectivity index (χ2n) is 7.51. The van der Waals surface area contributed by atoms with Crippen molar-refractivity contribution in [1.82, 2.24) is 15.1 Å². The fourth-order valence-corrected chi connectivity index (χ4v) is 3.41. The predicted octanol–water partition coefficient (Wildman–Crippen LogP) is 2.31. The molecule has 1 heterocycles. The fraction of sp³-hybridized carbons (Fsp3) is 0.391. The summed E-state index contributed by atoms with van der Waals surface area (Å²) in [6, 6.07) is 16.1. The Hall–Kier alpha value is -2.66. The number of rotatable bonds is 6. The average molecular weight is 380 g/mol. The molecule has 5 nitrogen and oxygen atoms in total. The minimum atomic E-state index is 0.0266. The third-order valence-corrected chi connectivity index (χ3v) is 5.35. The highest BCUT2D eigenvalue weighted by molar-refractivity contribution is 5.79. The Morgan fingerprint density at radius 1 is 0.893 bits per heavy atom. The molecule has 2 amide bonds. The van der Waals surface area contributed by atoms with Gasteiger partial charge in [0, 0.05) is 32.7 Å². The number of piperazine rings is 1. The lowest BCUT2D eigenvalue weighted by molar-refractivity contribution is -0.132. The van der Waals surface area contributed by atoms with E-state index in [1.807, 2.05) is 41.3 Å². The van der Waals surface area contributed by atoms with Gasteiger partial charge in [0.2, 0.25) is 11.8 Å². The Morgan fingerprint density at radius 3 is 2.29 bits per heavy atom. The maximum atomic E-state index is 12.6. The van der Waals surface area contributed by atoms with Gasteiger partial charge in [0.15, 0.2) is 0 Å². The SMILES string of the molecule is Cc1ccc(CC(=O)N2CCN(CC(=O)NCc3ccccc3)CC2)cc1C. The third-order valence-electron chi connectivity index (χ3n) is 5.35. The molecule has 1 aliphatic heterocycles. The van der Waals surface area contributed by atoms with Crippen LogP contribution in [0.25, 0.3) is 0 Å². The first kappa shape index (κ1) is 20.1. The smallest absolute Gasteiger partial charge is 0.234 e. The molecular weight excluding hydrogens is 350 g/mol. The quantitative estimate of drug-likeness (QED) is 0.838. The molecule has 2 aromatic carbocycles. The predicted molar refractivity (Wildman–Crippen MR) is 111 cm³/mol. The van der Waals surface area contributed by atoms with Gasteiger partial charge in [-0.1, -0.05) is 48.5 Å². The van der Waals surface area contributed by atoms with Crippen LogP contribution in [0.4, 0.5) is 0 Å². The molecule has 1 saturated heterocycles. The lowest BCUT2D eigenvalue weighted by Crippen LogP contribution is -2.51. The first-order valence-electron chi connectivity index (χ1n) is 9.88. The summed E-state index contributed by atoms with van der Waals surface area (Å²) < 4.78 is 0. The molecule has 1 fully saturated rings. The number of nitrogens with zero attached hydrogens (tertiary/aromatic N) is 2. The molecule has 0 aromatic heterocycles. The molecular formula is C23H29N3O2. The average Bonchev–Trinajstić information content (AvgIpc) is 2.70. The molecule has 28 heavy (non-hydrogen) atoms. The maximum absolute atomic E-state index is 12.6. The van der Waals surface area contributed by atoms with Gasteiger partial charge in [0.05, 0.1) is 13.0 Å². The number of hydrogen-bond acceptors (Lipinski definition) is 3. The van der Waals surface area contributed by atoms with Gasteiger partial charge in [0.25, 0.3) is 0 Å². The van der Waals surface area contributed by atoms with E-state index in [0.717, 1.165) is 24.2 Å². The lowest BCUT2D eigenvalue weighted by Gasteiger charge is -2.34. The zero-order valence-corrected chi connectivity index (χ0v) is 16.8. The van der Waals surface area contributed by atoms with Crippen LogP contribution in [0.15, 0.2) is 48.5 Å². The van der Waals surface area contributed by atoms with Gasteiger partial charge in [0.1, 0.15) is 0 Å². The van der Waals surface area contributed by atoms with Crippen molar-refractivity contribution in [3.05, 3.63) is 70.8 Å². The first-order valence-corrected chi connectivity index (χ1v) is 9.88. The fourth-order valence-electron chi connectivity index (χ4n) is 3.41. The number of nitrogens with one attached hydrogen (secondary N) is 1. The van der Waals surface area contributed by atoms with Gasteiger partial charge in [-0.2, -0.15) is 0 Å². The van der Waals surface area contributed by atoms with E-state index in [1.165, 1.54) is 11.1 Å². The Kier molecular flexibility index (Phi) is 6.82. The molecule has 0 spiro atoms. The van der Waals surface area contributed by atoms with Crippen molar-refractivity contribution in [1.29, 1.82) is 0 Å². The summed E-state index contributed by atoms with van der Waals surface area (Å²) in [6.45, 7) is 7.90. The second-order valence-corrected chi connectivity index (χ2v) is 7.51. The number of benzene rings is 2. The van der Waals surface area contributed by atoms with Crippen LogP contribution >= 0.6 is 0 Å².